The van der Waals surface area contributed by atoms with E-state index in [0.29, 0.717) is 6.54 Å². The smallest absolute Gasteiger partial charge is 0.407 e. The Bertz CT molecular complexity index is 589. The van der Waals surface area contributed by atoms with Crippen LogP contribution in [0.25, 0.3) is 0 Å². The second kappa shape index (κ2) is 9.24. The standard InChI is InChI=1S/C19H28BrClN2O2/c1-19(2,3)25-18(24)23-17-8-6-4-5-7-16(17)22-12-13-11-14(21)9-10-15(13)20/h9-11,16-17,22H,4-8,12H2,1-3H3,(H,23,24). The van der Waals surface area contributed by atoms with Crippen LogP contribution in [0.5, 0.6) is 0 Å². The molecule has 1 aliphatic rings. The third-order valence-corrected chi connectivity index (χ3v) is 5.29. The van der Waals surface area contributed by atoms with Crippen LogP contribution in [0.3, 0.4) is 0 Å². The van der Waals surface area contributed by atoms with Gasteiger partial charge < -0.3 is 15.4 Å². The van der Waals surface area contributed by atoms with Gasteiger partial charge in [0.25, 0.3) is 0 Å². The van der Waals surface area contributed by atoms with E-state index in [4.69, 9.17) is 16.3 Å². The lowest BCUT2D eigenvalue weighted by atomic mass is 10.0. The van der Waals surface area contributed by atoms with Crippen molar-refractivity contribution in [2.24, 2.45) is 0 Å². The molecule has 0 saturated heterocycles. The summed E-state index contributed by atoms with van der Waals surface area (Å²) in [6.07, 6.45) is 5.16. The monoisotopic (exact) mass is 430 g/mol. The quantitative estimate of drug-likeness (QED) is 0.626. The van der Waals surface area contributed by atoms with Gasteiger partial charge in [-0.25, -0.2) is 4.79 Å². The highest BCUT2D eigenvalue weighted by Gasteiger charge is 2.27. The molecule has 140 valence electrons. The average molecular weight is 432 g/mol. The molecule has 2 atom stereocenters. The molecule has 4 nitrogen and oxygen atoms in total. The molecule has 0 bridgehead atoms. The van der Waals surface area contributed by atoms with Gasteiger partial charge in [-0.3, -0.25) is 0 Å². The first-order valence-corrected chi connectivity index (χ1v) is 10.1. The molecule has 1 fully saturated rings. The molecule has 1 amide bonds. The molecule has 0 aromatic heterocycles. The van der Waals surface area contributed by atoms with E-state index in [1.165, 1.54) is 12.8 Å². The van der Waals surface area contributed by atoms with Crippen molar-refractivity contribution in [1.82, 2.24) is 10.6 Å². The molecule has 1 aromatic rings. The molecular weight excluding hydrogens is 404 g/mol. The summed E-state index contributed by atoms with van der Waals surface area (Å²) in [5.74, 6) is 0. The van der Waals surface area contributed by atoms with Crippen LogP contribution in [0.15, 0.2) is 22.7 Å². The first-order chi connectivity index (χ1) is 11.7. The second-order valence-corrected chi connectivity index (χ2v) is 8.90. The zero-order chi connectivity index (χ0) is 18.4. The lowest BCUT2D eigenvalue weighted by molar-refractivity contribution is 0.0489. The molecule has 1 aromatic carbocycles. The van der Waals surface area contributed by atoms with E-state index >= 15 is 0 Å². The highest BCUT2D eigenvalue weighted by molar-refractivity contribution is 9.10. The van der Waals surface area contributed by atoms with Crippen LogP contribution < -0.4 is 10.6 Å². The van der Waals surface area contributed by atoms with E-state index in [9.17, 15) is 4.79 Å². The highest BCUT2D eigenvalue weighted by Crippen LogP contribution is 2.23. The van der Waals surface area contributed by atoms with E-state index in [1.807, 2.05) is 39.0 Å². The molecule has 6 heteroatoms. The van der Waals surface area contributed by atoms with Crippen LogP contribution in [0.4, 0.5) is 4.79 Å². The Labute approximate surface area is 164 Å². The summed E-state index contributed by atoms with van der Waals surface area (Å²) < 4.78 is 6.46. The fourth-order valence-electron chi connectivity index (χ4n) is 3.10. The zero-order valence-corrected chi connectivity index (χ0v) is 17.5. The van der Waals surface area contributed by atoms with E-state index in [2.05, 4.69) is 26.6 Å². The van der Waals surface area contributed by atoms with Crippen molar-refractivity contribution in [3.63, 3.8) is 0 Å². The number of rotatable bonds is 4. The van der Waals surface area contributed by atoms with Crippen molar-refractivity contribution < 1.29 is 9.53 Å². The normalized spacial score (nSPS) is 21.5. The number of alkyl carbamates (subject to hydrolysis) is 1. The van der Waals surface area contributed by atoms with Gasteiger partial charge in [0.05, 0.1) is 0 Å². The number of hydrogen-bond donors (Lipinski definition) is 2. The Morgan fingerprint density at radius 2 is 1.92 bits per heavy atom. The van der Waals surface area contributed by atoms with E-state index in [1.54, 1.807) is 0 Å². The van der Waals surface area contributed by atoms with Gasteiger partial charge in [0.2, 0.25) is 0 Å². The number of halogens is 2. The van der Waals surface area contributed by atoms with Crippen molar-refractivity contribution in [1.29, 1.82) is 0 Å². The first kappa shape index (κ1) is 20.5. The van der Waals surface area contributed by atoms with Crippen molar-refractivity contribution in [2.75, 3.05) is 0 Å². The van der Waals surface area contributed by atoms with Crippen molar-refractivity contribution in [2.45, 2.75) is 77.1 Å². The average Bonchev–Trinajstić information content (AvgIpc) is 2.71. The Balaban J connectivity index is 1.99. The van der Waals surface area contributed by atoms with E-state index < -0.39 is 5.60 Å². The minimum absolute atomic E-state index is 0.0790. The Morgan fingerprint density at radius 1 is 1.24 bits per heavy atom. The number of nitrogens with one attached hydrogen (secondary N) is 2. The van der Waals surface area contributed by atoms with Crippen LogP contribution in [-0.4, -0.2) is 23.8 Å². The van der Waals surface area contributed by atoms with Gasteiger partial charge in [-0.1, -0.05) is 46.8 Å². The molecule has 0 heterocycles. The maximum atomic E-state index is 12.2. The summed E-state index contributed by atoms with van der Waals surface area (Å²) in [7, 11) is 0. The third-order valence-electron chi connectivity index (χ3n) is 4.28. The molecule has 1 saturated carbocycles. The molecular formula is C19H28BrClN2O2. The molecule has 2 N–H and O–H groups in total. The maximum absolute atomic E-state index is 12.2. The SMILES string of the molecule is CC(C)(C)OC(=O)NC1CCCCCC1NCc1cc(Cl)ccc1Br. The molecule has 1 aliphatic carbocycles. The van der Waals surface area contributed by atoms with Gasteiger partial charge in [-0.05, 0) is 57.4 Å². The summed E-state index contributed by atoms with van der Waals surface area (Å²) in [5.41, 5.74) is 0.636. The largest absolute Gasteiger partial charge is 0.444 e. The van der Waals surface area contributed by atoms with Crippen molar-refractivity contribution in [3.05, 3.63) is 33.3 Å². The molecule has 0 radical (unpaired) electrons. The molecule has 2 unspecified atom stereocenters. The van der Waals surface area contributed by atoms with Gasteiger partial charge in [-0.2, -0.15) is 0 Å². The third kappa shape index (κ3) is 7.16. The fraction of sp³-hybridized carbons (Fsp3) is 0.632. The molecule has 0 spiro atoms. The van der Waals surface area contributed by atoms with Crippen LogP contribution in [0, 0.1) is 0 Å². The van der Waals surface area contributed by atoms with Crippen LogP contribution in [-0.2, 0) is 11.3 Å². The van der Waals surface area contributed by atoms with Crippen LogP contribution >= 0.6 is 27.5 Å². The summed E-state index contributed by atoms with van der Waals surface area (Å²) in [5, 5.41) is 7.40. The predicted molar refractivity (Wildman–Crippen MR) is 106 cm³/mol. The summed E-state index contributed by atoms with van der Waals surface area (Å²) in [4.78, 5) is 12.2. The van der Waals surface area contributed by atoms with E-state index in [-0.39, 0.29) is 18.2 Å². The lowest BCUT2D eigenvalue weighted by Crippen LogP contribution is -2.50. The minimum atomic E-state index is -0.483. The summed E-state index contributed by atoms with van der Waals surface area (Å²) >= 11 is 9.67. The number of amides is 1. The highest BCUT2D eigenvalue weighted by atomic mass is 79.9. The Morgan fingerprint density at radius 3 is 2.60 bits per heavy atom. The lowest BCUT2D eigenvalue weighted by Gasteiger charge is -2.29. The minimum Gasteiger partial charge on any atom is -0.444 e. The second-order valence-electron chi connectivity index (χ2n) is 7.61. The van der Waals surface area contributed by atoms with Gasteiger partial charge >= 0.3 is 6.09 Å². The number of carbonyl (C=O) groups excluding carboxylic acids is 1. The van der Waals surface area contributed by atoms with Crippen molar-refractivity contribution in [3.8, 4) is 0 Å². The number of benzene rings is 1. The molecule has 2 rings (SSSR count). The molecule has 0 aliphatic heterocycles. The van der Waals surface area contributed by atoms with Gasteiger partial charge in [-0.15, -0.1) is 0 Å². The summed E-state index contributed by atoms with van der Waals surface area (Å²) in [6.45, 7) is 6.35. The van der Waals surface area contributed by atoms with Crippen LogP contribution in [0.2, 0.25) is 5.02 Å². The first-order valence-electron chi connectivity index (χ1n) is 8.91. The maximum Gasteiger partial charge on any atom is 0.407 e. The zero-order valence-electron chi connectivity index (χ0n) is 15.2. The van der Waals surface area contributed by atoms with Crippen LogP contribution in [0.1, 0.15) is 58.4 Å². The fourth-order valence-corrected chi connectivity index (χ4v) is 3.69. The van der Waals surface area contributed by atoms with Crippen molar-refractivity contribution >= 4 is 33.6 Å². The van der Waals surface area contributed by atoms with E-state index in [0.717, 1.165) is 34.3 Å². The number of ether oxygens (including phenoxy) is 1. The summed E-state index contributed by atoms with van der Waals surface area (Å²) in [6, 6.07) is 6.10. The predicted octanol–water partition coefficient (Wildman–Crippen LogP) is 5.42. The number of carbonyl (C=O) groups is 1. The van der Waals surface area contributed by atoms with Gasteiger partial charge in [0.15, 0.2) is 0 Å². The number of hydrogen-bond acceptors (Lipinski definition) is 3. The Hall–Kier alpha value is -0.780. The molecule has 25 heavy (non-hydrogen) atoms. The van der Waals surface area contributed by atoms with Gasteiger partial charge in [0.1, 0.15) is 5.60 Å². The Kier molecular flexibility index (Phi) is 7.59. The topological polar surface area (TPSA) is 50.4 Å². The van der Waals surface area contributed by atoms with Gasteiger partial charge in [0, 0.05) is 28.1 Å².